The van der Waals surface area contributed by atoms with Crippen LogP contribution >= 0.6 is 0 Å². The number of hydrogen-bond donors (Lipinski definition) is 2. The van der Waals surface area contributed by atoms with Crippen molar-refractivity contribution in [1.82, 2.24) is 0 Å². The van der Waals surface area contributed by atoms with E-state index in [1.54, 1.807) is 7.11 Å². The van der Waals surface area contributed by atoms with E-state index in [0.717, 1.165) is 31.2 Å². The Morgan fingerprint density at radius 1 is 1.04 bits per heavy atom. The van der Waals surface area contributed by atoms with Crippen LogP contribution in [0.15, 0.2) is 48.5 Å². The zero-order valence-electron chi connectivity index (χ0n) is 14.7. The van der Waals surface area contributed by atoms with Gasteiger partial charge in [0.2, 0.25) is 0 Å². The smallest absolute Gasteiger partial charge is 0.161 e. The van der Waals surface area contributed by atoms with Crippen LogP contribution in [0.4, 0.5) is 0 Å². The normalized spacial score (nSPS) is 21.6. The van der Waals surface area contributed by atoms with E-state index >= 15 is 0 Å². The predicted molar refractivity (Wildman–Crippen MR) is 99.1 cm³/mol. The second-order valence-electron chi connectivity index (χ2n) is 6.66. The number of aliphatic hydroxyl groups is 1. The average Bonchev–Trinajstić information content (AvgIpc) is 2.68. The van der Waals surface area contributed by atoms with Crippen LogP contribution < -0.4 is 15.2 Å². The number of methoxy groups -OCH3 is 1. The van der Waals surface area contributed by atoms with E-state index in [1.807, 2.05) is 18.2 Å². The maximum absolute atomic E-state index is 9.96. The van der Waals surface area contributed by atoms with Gasteiger partial charge in [0.15, 0.2) is 11.5 Å². The summed E-state index contributed by atoms with van der Waals surface area (Å²) in [4.78, 5) is 0. The van der Waals surface area contributed by atoms with Gasteiger partial charge in [0.05, 0.1) is 19.3 Å². The van der Waals surface area contributed by atoms with Crippen molar-refractivity contribution in [2.45, 2.75) is 43.8 Å². The summed E-state index contributed by atoms with van der Waals surface area (Å²) >= 11 is 0. The minimum Gasteiger partial charge on any atom is -0.493 e. The Balaban J connectivity index is 1.65. The minimum atomic E-state index is -0.679. The van der Waals surface area contributed by atoms with Crippen molar-refractivity contribution in [3.05, 3.63) is 59.7 Å². The van der Waals surface area contributed by atoms with Gasteiger partial charge in [0, 0.05) is 6.54 Å². The molecule has 4 nitrogen and oxygen atoms in total. The molecule has 0 aromatic heterocycles. The SMILES string of the molecule is COc1ccc(C(O)CN)cc1O[C@H]1CC[C@H](c2ccccc2)CC1. The van der Waals surface area contributed by atoms with Gasteiger partial charge in [-0.3, -0.25) is 0 Å². The summed E-state index contributed by atoms with van der Waals surface area (Å²) in [6.45, 7) is 0.188. The number of nitrogens with two attached hydrogens (primary N) is 1. The van der Waals surface area contributed by atoms with Gasteiger partial charge in [0.25, 0.3) is 0 Å². The second-order valence-corrected chi connectivity index (χ2v) is 6.66. The van der Waals surface area contributed by atoms with Gasteiger partial charge in [-0.05, 0) is 54.9 Å². The van der Waals surface area contributed by atoms with Gasteiger partial charge in [0.1, 0.15) is 0 Å². The fourth-order valence-electron chi connectivity index (χ4n) is 3.55. The average molecular weight is 341 g/mol. The Kier molecular flexibility index (Phi) is 5.95. The number of ether oxygens (including phenoxy) is 2. The molecule has 0 radical (unpaired) electrons. The van der Waals surface area contributed by atoms with Crippen LogP contribution in [0.25, 0.3) is 0 Å². The van der Waals surface area contributed by atoms with Crippen LogP contribution in [0.3, 0.4) is 0 Å². The van der Waals surface area contributed by atoms with Crippen molar-refractivity contribution in [3.63, 3.8) is 0 Å². The van der Waals surface area contributed by atoms with Crippen LogP contribution in [0, 0.1) is 0 Å². The third-order valence-electron chi connectivity index (χ3n) is 5.03. The molecule has 1 unspecified atom stereocenters. The maximum atomic E-state index is 9.96. The zero-order valence-corrected chi connectivity index (χ0v) is 14.7. The summed E-state index contributed by atoms with van der Waals surface area (Å²) in [6, 6.07) is 16.2. The Labute approximate surface area is 149 Å². The lowest BCUT2D eigenvalue weighted by Crippen LogP contribution is -2.23. The highest BCUT2D eigenvalue weighted by molar-refractivity contribution is 5.43. The lowest BCUT2D eigenvalue weighted by atomic mass is 9.83. The van der Waals surface area contributed by atoms with Crippen molar-refractivity contribution >= 4 is 0 Å². The van der Waals surface area contributed by atoms with E-state index < -0.39 is 6.10 Å². The summed E-state index contributed by atoms with van der Waals surface area (Å²) in [6.07, 6.45) is 3.80. The van der Waals surface area contributed by atoms with E-state index in [0.29, 0.717) is 17.4 Å². The molecule has 3 N–H and O–H groups in total. The number of benzene rings is 2. The third-order valence-corrected chi connectivity index (χ3v) is 5.03. The number of rotatable bonds is 6. The van der Waals surface area contributed by atoms with Gasteiger partial charge in [-0.25, -0.2) is 0 Å². The van der Waals surface area contributed by atoms with Gasteiger partial charge < -0.3 is 20.3 Å². The van der Waals surface area contributed by atoms with Crippen LogP contribution in [-0.2, 0) is 0 Å². The summed E-state index contributed by atoms with van der Waals surface area (Å²) < 4.78 is 11.6. The fraction of sp³-hybridized carbons (Fsp3) is 0.429. The van der Waals surface area contributed by atoms with E-state index in [2.05, 4.69) is 30.3 Å². The van der Waals surface area contributed by atoms with E-state index in [4.69, 9.17) is 15.2 Å². The molecule has 0 bridgehead atoms. The lowest BCUT2D eigenvalue weighted by molar-refractivity contribution is 0.140. The Morgan fingerprint density at radius 2 is 1.76 bits per heavy atom. The molecule has 134 valence electrons. The molecule has 0 aliphatic heterocycles. The highest BCUT2D eigenvalue weighted by atomic mass is 16.5. The summed E-state index contributed by atoms with van der Waals surface area (Å²) in [7, 11) is 1.63. The van der Waals surface area contributed by atoms with Crippen LogP contribution in [0.5, 0.6) is 11.5 Å². The molecule has 1 fully saturated rings. The molecule has 25 heavy (non-hydrogen) atoms. The lowest BCUT2D eigenvalue weighted by Gasteiger charge is -2.30. The summed E-state index contributed by atoms with van der Waals surface area (Å²) in [5, 5.41) is 9.96. The molecule has 1 atom stereocenters. The second kappa shape index (κ2) is 8.37. The van der Waals surface area contributed by atoms with Crippen molar-refractivity contribution in [1.29, 1.82) is 0 Å². The standard InChI is InChI=1S/C21H27NO3/c1-24-20-12-9-17(19(23)14-22)13-21(20)25-18-10-7-16(8-11-18)15-5-3-2-4-6-15/h2-6,9,12-13,16,18-19,23H,7-8,10-11,14,22H2,1H3/t16-,18-,19?. The zero-order chi connectivity index (χ0) is 17.6. The first kappa shape index (κ1) is 17.8. The minimum absolute atomic E-state index is 0.180. The van der Waals surface area contributed by atoms with Gasteiger partial charge in [-0.15, -0.1) is 0 Å². The molecule has 0 heterocycles. The summed E-state index contributed by atoms with van der Waals surface area (Å²) in [5.41, 5.74) is 7.74. The molecular weight excluding hydrogens is 314 g/mol. The Hall–Kier alpha value is -2.04. The quantitative estimate of drug-likeness (QED) is 0.839. The van der Waals surface area contributed by atoms with Crippen LogP contribution in [0.2, 0.25) is 0 Å². The molecule has 4 heteroatoms. The van der Waals surface area contributed by atoms with Gasteiger partial charge in [-0.1, -0.05) is 36.4 Å². The molecule has 2 aromatic carbocycles. The molecule has 1 aliphatic rings. The topological polar surface area (TPSA) is 64.7 Å². The molecule has 0 spiro atoms. The highest BCUT2D eigenvalue weighted by Crippen LogP contribution is 2.37. The van der Waals surface area contributed by atoms with E-state index in [9.17, 15) is 5.11 Å². The monoisotopic (exact) mass is 341 g/mol. The van der Waals surface area contributed by atoms with E-state index in [1.165, 1.54) is 5.56 Å². The molecular formula is C21H27NO3. The summed E-state index contributed by atoms with van der Waals surface area (Å²) in [5.74, 6) is 2.00. The first-order chi connectivity index (χ1) is 12.2. The molecule has 0 saturated heterocycles. The van der Waals surface area contributed by atoms with Gasteiger partial charge in [-0.2, -0.15) is 0 Å². The van der Waals surface area contributed by atoms with Crippen molar-refractivity contribution in [2.24, 2.45) is 5.73 Å². The first-order valence-electron chi connectivity index (χ1n) is 8.99. The Morgan fingerprint density at radius 3 is 2.40 bits per heavy atom. The van der Waals surface area contributed by atoms with Crippen LogP contribution in [0.1, 0.15) is 48.8 Å². The van der Waals surface area contributed by atoms with Gasteiger partial charge >= 0.3 is 0 Å². The molecule has 2 aromatic rings. The predicted octanol–water partition coefficient (Wildman–Crippen LogP) is 3.79. The molecule has 1 aliphatic carbocycles. The molecule has 3 rings (SSSR count). The van der Waals surface area contributed by atoms with E-state index in [-0.39, 0.29) is 12.6 Å². The fourth-order valence-corrected chi connectivity index (χ4v) is 3.55. The largest absolute Gasteiger partial charge is 0.493 e. The number of hydrogen-bond acceptors (Lipinski definition) is 4. The first-order valence-corrected chi connectivity index (χ1v) is 8.99. The van der Waals surface area contributed by atoms with Crippen molar-refractivity contribution in [2.75, 3.05) is 13.7 Å². The van der Waals surface area contributed by atoms with Crippen molar-refractivity contribution in [3.8, 4) is 11.5 Å². The Bertz CT molecular complexity index is 666. The van der Waals surface area contributed by atoms with Crippen LogP contribution in [-0.4, -0.2) is 24.9 Å². The maximum Gasteiger partial charge on any atom is 0.161 e. The molecule has 0 amide bonds. The van der Waals surface area contributed by atoms with Crippen molar-refractivity contribution < 1.29 is 14.6 Å². The number of aliphatic hydroxyl groups excluding tert-OH is 1. The third kappa shape index (κ3) is 4.33. The highest BCUT2D eigenvalue weighted by Gasteiger charge is 2.24. The molecule has 1 saturated carbocycles.